The Morgan fingerprint density at radius 3 is 2.58 bits per heavy atom. The number of piperidine rings is 1. The van der Waals surface area contributed by atoms with Gasteiger partial charge in [-0.2, -0.15) is 5.10 Å². The second kappa shape index (κ2) is 10.6. The molecule has 0 aliphatic carbocycles. The van der Waals surface area contributed by atoms with Crippen LogP contribution in [0.2, 0.25) is 0 Å². The van der Waals surface area contributed by atoms with Crippen molar-refractivity contribution in [2.45, 2.75) is 58.8 Å². The van der Waals surface area contributed by atoms with E-state index in [1.807, 2.05) is 37.8 Å². The molecule has 2 atom stereocenters. The van der Waals surface area contributed by atoms with Gasteiger partial charge in [-0.05, 0) is 56.9 Å². The molecule has 1 aliphatic rings. The minimum atomic E-state index is 0.421. The number of hydrogen-bond acceptors (Lipinski definition) is 4. The van der Waals surface area contributed by atoms with Gasteiger partial charge < -0.3 is 10.6 Å². The van der Waals surface area contributed by atoms with E-state index in [1.165, 1.54) is 5.56 Å². The van der Waals surface area contributed by atoms with Gasteiger partial charge in [-0.25, -0.2) is 9.67 Å². The molecule has 7 nitrogen and oxygen atoms in total. The van der Waals surface area contributed by atoms with Gasteiger partial charge in [-0.3, -0.25) is 9.89 Å². The minimum Gasteiger partial charge on any atom is -0.354 e. The molecule has 2 N–H and O–H groups in total. The Kier molecular flexibility index (Phi) is 7.40. The zero-order chi connectivity index (χ0) is 23.2. The summed E-state index contributed by atoms with van der Waals surface area (Å²) in [5.74, 6) is 1.68. The molecular weight excluding hydrogens is 410 g/mol. The highest BCUT2D eigenvalue weighted by molar-refractivity contribution is 5.79. The molecule has 3 heterocycles. The molecule has 1 fully saturated rings. The van der Waals surface area contributed by atoms with Crippen LogP contribution in [-0.2, 0) is 13.1 Å². The van der Waals surface area contributed by atoms with Crippen LogP contribution in [0.15, 0.2) is 59.7 Å². The van der Waals surface area contributed by atoms with E-state index in [4.69, 9.17) is 0 Å². The number of nitrogens with one attached hydrogen (secondary N) is 2. The Bertz CT molecular complexity index is 1060. The number of nitrogens with zero attached hydrogens (tertiary/aromatic N) is 5. The zero-order valence-corrected chi connectivity index (χ0v) is 20.1. The molecule has 0 spiro atoms. The summed E-state index contributed by atoms with van der Waals surface area (Å²) in [5.41, 5.74) is 4.56. The van der Waals surface area contributed by atoms with Crippen LogP contribution in [-0.4, -0.2) is 51.3 Å². The first-order valence-electron chi connectivity index (χ1n) is 11.8. The highest BCUT2D eigenvalue weighted by atomic mass is 15.3. The van der Waals surface area contributed by atoms with Gasteiger partial charge in [0.1, 0.15) is 0 Å². The number of guanidine groups is 1. The topological polar surface area (TPSA) is 70.4 Å². The average Bonchev–Trinajstić information content (AvgIpc) is 3.17. The first kappa shape index (κ1) is 23.0. The number of hydrogen-bond donors (Lipinski definition) is 2. The second-order valence-electron chi connectivity index (χ2n) is 8.96. The van der Waals surface area contributed by atoms with Crippen molar-refractivity contribution in [2.24, 2.45) is 4.99 Å². The maximum atomic E-state index is 4.59. The van der Waals surface area contributed by atoms with Crippen LogP contribution in [0, 0.1) is 13.8 Å². The fourth-order valence-corrected chi connectivity index (χ4v) is 4.49. The highest BCUT2D eigenvalue weighted by Crippen LogP contribution is 2.20. The predicted molar refractivity (Wildman–Crippen MR) is 134 cm³/mol. The summed E-state index contributed by atoms with van der Waals surface area (Å²) in [6, 6.07) is 17.8. The predicted octanol–water partition coefficient (Wildman–Crippen LogP) is 3.60. The molecule has 1 aromatic carbocycles. The van der Waals surface area contributed by atoms with E-state index in [0.717, 1.165) is 54.7 Å². The fourth-order valence-electron chi connectivity index (χ4n) is 4.49. The fraction of sp³-hybridized carbons (Fsp3) is 0.423. The van der Waals surface area contributed by atoms with Gasteiger partial charge >= 0.3 is 0 Å². The standard InChI is InChI=1S/C26H35N7/c1-19-14-21(3)33(31-19)25-11-10-23(16-28-25)17-29-26(27-4)30-24-12-13-32(20(2)15-24)18-22-8-6-5-7-9-22/h5-11,14,16,20,24H,12-13,15,17-18H2,1-4H3,(H2,27,29,30). The molecule has 0 bridgehead atoms. The van der Waals surface area contributed by atoms with Crippen LogP contribution in [0.25, 0.3) is 5.82 Å². The van der Waals surface area contributed by atoms with Gasteiger partial charge in [-0.15, -0.1) is 0 Å². The maximum Gasteiger partial charge on any atom is 0.191 e. The van der Waals surface area contributed by atoms with E-state index < -0.39 is 0 Å². The maximum absolute atomic E-state index is 4.59. The van der Waals surface area contributed by atoms with Crippen LogP contribution in [0.3, 0.4) is 0 Å². The summed E-state index contributed by atoms with van der Waals surface area (Å²) in [6.45, 7) is 9.13. The van der Waals surface area contributed by atoms with Crippen molar-refractivity contribution in [3.63, 3.8) is 0 Å². The van der Waals surface area contributed by atoms with E-state index in [0.29, 0.717) is 18.6 Å². The van der Waals surface area contributed by atoms with E-state index in [-0.39, 0.29) is 0 Å². The molecule has 2 aromatic heterocycles. The molecule has 4 rings (SSSR count). The zero-order valence-electron chi connectivity index (χ0n) is 20.1. The quantitative estimate of drug-likeness (QED) is 0.448. The lowest BCUT2D eigenvalue weighted by Gasteiger charge is -2.38. The lowest BCUT2D eigenvalue weighted by molar-refractivity contribution is 0.134. The van der Waals surface area contributed by atoms with Crippen molar-refractivity contribution in [3.05, 3.63) is 77.2 Å². The Hall–Kier alpha value is -3.19. The summed E-state index contributed by atoms with van der Waals surface area (Å²) < 4.78 is 1.87. The Morgan fingerprint density at radius 2 is 1.94 bits per heavy atom. The number of aryl methyl sites for hydroxylation is 2. The highest BCUT2D eigenvalue weighted by Gasteiger charge is 2.25. The number of aromatic nitrogens is 3. The molecule has 1 aliphatic heterocycles. The van der Waals surface area contributed by atoms with Crippen LogP contribution in [0.4, 0.5) is 0 Å². The van der Waals surface area contributed by atoms with Crippen LogP contribution in [0.1, 0.15) is 42.3 Å². The molecule has 2 unspecified atom stereocenters. The van der Waals surface area contributed by atoms with Gasteiger partial charge in [0, 0.05) is 50.7 Å². The monoisotopic (exact) mass is 445 g/mol. The number of aliphatic imine (C=N–C) groups is 1. The van der Waals surface area contributed by atoms with Crippen molar-refractivity contribution in [2.75, 3.05) is 13.6 Å². The first-order chi connectivity index (χ1) is 16.0. The number of rotatable bonds is 6. The Balaban J connectivity index is 1.26. The number of pyridine rings is 1. The average molecular weight is 446 g/mol. The van der Waals surface area contributed by atoms with Gasteiger partial charge in [0.05, 0.1) is 5.69 Å². The molecule has 0 saturated carbocycles. The van der Waals surface area contributed by atoms with Gasteiger partial charge in [0.2, 0.25) is 0 Å². The van der Waals surface area contributed by atoms with Crippen molar-refractivity contribution in [1.29, 1.82) is 0 Å². The Morgan fingerprint density at radius 1 is 1.12 bits per heavy atom. The van der Waals surface area contributed by atoms with E-state index >= 15 is 0 Å². The van der Waals surface area contributed by atoms with Crippen molar-refractivity contribution in [1.82, 2.24) is 30.3 Å². The molecule has 1 saturated heterocycles. The van der Waals surface area contributed by atoms with Crippen molar-refractivity contribution in [3.8, 4) is 5.82 Å². The molecule has 0 radical (unpaired) electrons. The third kappa shape index (κ3) is 5.99. The van der Waals surface area contributed by atoms with Gasteiger partial charge in [-0.1, -0.05) is 36.4 Å². The minimum absolute atomic E-state index is 0.421. The van der Waals surface area contributed by atoms with Gasteiger partial charge in [0.25, 0.3) is 0 Å². The lowest BCUT2D eigenvalue weighted by Crippen LogP contribution is -2.51. The molecule has 174 valence electrons. The van der Waals surface area contributed by atoms with Crippen LogP contribution >= 0.6 is 0 Å². The second-order valence-corrected chi connectivity index (χ2v) is 8.96. The summed E-state index contributed by atoms with van der Waals surface area (Å²) in [5, 5.41) is 11.6. The SMILES string of the molecule is CN=C(NCc1ccc(-n2nc(C)cc2C)nc1)NC1CCN(Cc2ccccc2)C(C)C1. The van der Waals surface area contributed by atoms with E-state index in [9.17, 15) is 0 Å². The summed E-state index contributed by atoms with van der Waals surface area (Å²) in [6.07, 6.45) is 4.11. The van der Waals surface area contributed by atoms with E-state index in [2.05, 4.69) is 80.0 Å². The van der Waals surface area contributed by atoms with Crippen LogP contribution in [0.5, 0.6) is 0 Å². The molecule has 33 heavy (non-hydrogen) atoms. The number of likely N-dealkylation sites (tertiary alicyclic amines) is 1. The first-order valence-corrected chi connectivity index (χ1v) is 11.8. The van der Waals surface area contributed by atoms with Crippen molar-refractivity contribution >= 4 is 5.96 Å². The summed E-state index contributed by atoms with van der Waals surface area (Å²) in [7, 11) is 1.83. The normalized spacial score (nSPS) is 19.5. The smallest absolute Gasteiger partial charge is 0.191 e. The van der Waals surface area contributed by atoms with Crippen molar-refractivity contribution < 1.29 is 0 Å². The molecular formula is C26H35N7. The Labute approximate surface area is 197 Å². The largest absolute Gasteiger partial charge is 0.354 e. The molecule has 7 heteroatoms. The van der Waals surface area contributed by atoms with Crippen LogP contribution < -0.4 is 10.6 Å². The molecule has 3 aromatic rings. The third-order valence-electron chi connectivity index (χ3n) is 6.30. The summed E-state index contributed by atoms with van der Waals surface area (Å²) >= 11 is 0. The third-order valence-corrected chi connectivity index (χ3v) is 6.30. The lowest BCUT2D eigenvalue weighted by atomic mass is 9.97. The van der Waals surface area contributed by atoms with Gasteiger partial charge in [0.15, 0.2) is 11.8 Å². The molecule has 0 amide bonds. The number of benzene rings is 1. The van der Waals surface area contributed by atoms with E-state index in [1.54, 1.807) is 0 Å². The summed E-state index contributed by atoms with van der Waals surface area (Å²) in [4.78, 5) is 11.6.